The lowest BCUT2D eigenvalue weighted by atomic mass is 9.99. The van der Waals surface area contributed by atoms with Crippen molar-refractivity contribution in [2.75, 3.05) is 26.7 Å². The predicted octanol–water partition coefficient (Wildman–Crippen LogP) is 1.91. The third-order valence-electron chi connectivity index (χ3n) is 3.57. The second-order valence-electron chi connectivity index (χ2n) is 5.16. The van der Waals surface area contributed by atoms with Gasteiger partial charge in [-0.3, -0.25) is 4.79 Å². The topological polar surface area (TPSA) is 50.4 Å². The number of ether oxygens (including phenoxy) is 1. The number of hydrogen-bond donors (Lipinski definition) is 2. The summed E-state index contributed by atoms with van der Waals surface area (Å²) in [5.41, 5.74) is 0.655. The molecule has 0 bridgehead atoms. The smallest absolute Gasteiger partial charge is 0.224 e. The molecule has 1 aromatic carbocycles. The molecule has 0 aromatic heterocycles. The van der Waals surface area contributed by atoms with Gasteiger partial charge in [-0.2, -0.15) is 0 Å². The third kappa shape index (κ3) is 5.52. The monoisotopic (exact) mass is 316 g/mol. The van der Waals surface area contributed by atoms with E-state index in [1.807, 2.05) is 0 Å². The van der Waals surface area contributed by atoms with Crippen molar-refractivity contribution in [2.24, 2.45) is 5.92 Å². The van der Waals surface area contributed by atoms with E-state index in [9.17, 15) is 9.18 Å². The van der Waals surface area contributed by atoms with Crippen LogP contribution in [0.25, 0.3) is 0 Å². The highest BCUT2D eigenvalue weighted by molar-refractivity contribution is 5.85. The van der Waals surface area contributed by atoms with E-state index in [0.29, 0.717) is 18.0 Å². The van der Waals surface area contributed by atoms with Crippen molar-refractivity contribution in [2.45, 2.75) is 19.3 Å². The van der Waals surface area contributed by atoms with Gasteiger partial charge in [-0.25, -0.2) is 4.39 Å². The van der Waals surface area contributed by atoms with Crippen molar-refractivity contribution < 1.29 is 13.9 Å². The fraction of sp³-hybridized carbons (Fsp3) is 0.533. The number of rotatable bonds is 5. The molecule has 2 rings (SSSR count). The number of piperidine rings is 1. The quantitative estimate of drug-likeness (QED) is 0.872. The molecule has 4 nitrogen and oxygen atoms in total. The Bertz CT molecular complexity index is 465. The van der Waals surface area contributed by atoms with Gasteiger partial charge in [0, 0.05) is 6.54 Å². The molecule has 1 atom stereocenters. The zero-order valence-electron chi connectivity index (χ0n) is 12.2. The predicted molar refractivity (Wildman–Crippen MR) is 82.5 cm³/mol. The second kappa shape index (κ2) is 8.85. The van der Waals surface area contributed by atoms with Gasteiger partial charge in [0.1, 0.15) is 0 Å². The fourth-order valence-electron chi connectivity index (χ4n) is 2.42. The molecule has 2 N–H and O–H groups in total. The Morgan fingerprint density at radius 2 is 2.33 bits per heavy atom. The van der Waals surface area contributed by atoms with E-state index in [2.05, 4.69) is 10.6 Å². The normalized spacial score (nSPS) is 17.7. The molecule has 1 aliphatic heterocycles. The summed E-state index contributed by atoms with van der Waals surface area (Å²) < 4.78 is 18.4. The van der Waals surface area contributed by atoms with Crippen LogP contribution in [0.3, 0.4) is 0 Å². The number of halogens is 2. The highest BCUT2D eigenvalue weighted by Gasteiger charge is 2.14. The number of hydrogen-bond acceptors (Lipinski definition) is 3. The summed E-state index contributed by atoms with van der Waals surface area (Å²) in [7, 11) is 1.42. The molecule has 6 heteroatoms. The van der Waals surface area contributed by atoms with Gasteiger partial charge in [0.05, 0.1) is 13.5 Å². The van der Waals surface area contributed by atoms with Gasteiger partial charge >= 0.3 is 0 Å². The zero-order chi connectivity index (χ0) is 14.4. The maximum Gasteiger partial charge on any atom is 0.224 e. The van der Waals surface area contributed by atoms with E-state index in [0.717, 1.165) is 25.9 Å². The maximum atomic E-state index is 13.5. The first-order chi connectivity index (χ1) is 9.69. The molecule has 21 heavy (non-hydrogen) atoms. The summed E-state index contributed by atoms with van der Waals surface area (Å²) in [5.74, 6) is 0.192. The number of nitrogens with one attached hydrogen (secondary N) is 2. The van der Waals surface area contributed by atoms with Gasteiger partial charge in [0.25, 0.3) is 0 Å². The summed E-state index contributed by atoms with van der Waals surface area (Å²) in [6, 6.07) is 4.60. The van der Waals surface area contributed by atoms with Gasteiger partial charge in [-0.1, -0.05) is 6.07 Å². The van der Waals surface area contributed by atoms with Crippen molar-refractivity contribution in [1.29, 1.82) is 0 Å². The Balaban J connectivity index is 0.00000220. The first-order valence-corrected chi connectivity index (χ1v) is 6.99. The minimum absolute atomic E-state index is 0. The molecule has 0 spiro atoms. The van der Waals surface area contributed by atoms with Crippen LogP contribution in [0.4, 0.5) is 4.39 Å². The van der Waals surface area contributed by atoms with E-state index < -0.39 is 5.82 Å². The molecule has 0 radical (unpaired) electrons. The average molecular weight is 317 g/mol. The van der Waals surface area contributed by atoms with Crippen LogP contribution in [-0.4, -0.2) is 32.7 Å². The maximum absolute atomic E-state index is 13.5. The van der Waals surface area contributed by atoms with Crippen molar-refractivity contribution in [3.63, 3.8) is 0 Å². The third-order valence-corrected chi connectivity index (χ3v) is 3.57. The largest absolute Gasteiger partial charge is 0.494 e. The first kappa shape index (κ1) is 17.7. The van der Waals surface area contributed by atoms with E-state index >= 15 is 0 Å². The van der Waals surface area contributed by atoms with Crippen LogP contribution in [-0.2, 0) is 11.2 Å². The Kier molecular flexibility index (Phi) is 7.47. The van der Waals surface area contributed by atoms with E-state index in [-0.39, 0.29) is 30.5 Å². The van der Waals surface area contributed by atoms with Crippen LogP contribution in [0.5, 0.6) is 5.75 Å². The van der Waals surface area contributed by atoms with E-state index in [4.69, 9.17) is 4.74 Å². The summed E-state index contributed by atoms with van der Waals surface area (Å²) in [5, 5.41) is 6.23. The minimum Gasteiger partial charge on any atom is -0.494 e. The Labute approximate surface area is 130 Å². The molecule has 1 aliphatic rings. The molecule has 118 valence electrons. The molecule has 0 saturated carbocycles. The van der Waals surface area contributed by atoms with Crippen LogP contribution in [0, 0.1) is 11.7 Å². The molecule has 0 aliphatic carbocycles. The van der Waals surface area contributed by atoms with Crippen LogP contribution in [0.15, 0.2) is 18.2 Å². The standard InChI is InChI=1S/C15H21FN2O2.ClH/c1-20-14-5-4-11(7-13(14)16)8-15(19)18-10-12-3-2-6-17-9-12;/h4-5,7,12,17H,2-3,6,8-10H2,1H3,(H,18,19);1H. The van der Waals surface area contributed by atoms with Crippen molar-refractivity contribution in [3.8, 4) is 5.75 Å². The highest BCUT2D eigenvalue weighted by atomic mass is 35.5. The zero-order valence-corrected chi connectivity index (χ0v) is 13.0. The molecule has 1 heterocycles. The van der Waals surface area contributed by atoms with Gasteiger partial charge in [0.2, 0.25) is 5.91 Å². The molecule has 1 unspecified atom stereocenters. The SMILES string of the molecule is COc1ccc(CC(=O)NCC2CCCNC2)cc1F.Cl. The van der Waals surface area contributed by atoms with Crippen LogP contribution >= 0.6 is 12.4 Å². The highest BCUT2D eigenvalue weighted by Crippen LogP contribution is 2.18. The number of benzene rings is 1. The first-order valence-electron chi connectivity index (χ1n) is 6.99. The summed E-state index contributed by atoms with van der Waals surface area (Å²) in [4.78, 5) is 11.8. The number of amides is 1. The second-order valence-corrected chi connectivity index (χ2v) is 5.16. The summed E-state index contributed by atoms with van der Waals surface area (Å²) >= 11 is 0. The molecule has 1 saturated heterocycles. The number of carbonyl (C=O) groups is 1. The average Bonchev–Trinajstić information content (AvgIpc) is 2.46. The Morgan fingerprint density at radius 1 is 1.52 bits per heavy atom. The van der Waals surface area contributed by atoms with Crippen LogP contribution < -0.4 is 15.4 Å². The van der Waals surface area contributed by atoms with Crippen LogP contribution in [0.2, 0.25) is 0 Å². The molecule has 1 fully saturated rings. The van der Waals surface area contributed by atoms with Crippen molar-refractivity contribution in [3.05, 3.63) is 29.6 Å². The fourth-order valence-corrected chi connectivity index (χ4v) is 2.42. The van der Waals surface area contributed by atoms with Crippen molar-refractivity contribution >= 4 is 18.3 Å². The molecule has 1 amide bonds. The van der Waals surface area contributed by atoms with Crippen LogP contribution in [0.1, 0.15) is 18.4 Å². The van der Waals surface area contributed by atoms with E-state index in [1.54, 1.807) is 12.1 Å². The van der Waals surface area contributed by atoms with Crippen molar-refractivity contribution in [1.82, 2.24) is 10.6 Å². The molecular weight excluding hydrogens is 295 g/mol. The number of carbonyl (C=O) groups excluding carboxylic acids is 1. The Morgan fingerprint density at radius 3 is 2.95 bits per heavy atom. The lowest BCUT2D eigenvalue weighted by Gasteiger charge is -2.22. The van der Waals surface area contributed by atoms with Gasteiger partial charge in [-0.15, -0.1) is 12.4 Å². The lowest BCUT2D eigenvalue weighted by molar-refractivity contribution is -0.120. The molecule has 1 aromatic rings. The summed E-state index contributed by atoms with van der Waals surface area (Å²) in [6.45, 7) is 2.71. The minimum atomic E-state index is -0.436. The van der Waals surface area contributed by atoms with Gasteiger partial charge < -0.3 is 15.4 Å². The molecular formula is C15H22ClFN2O2. The van der Waals surface area contributed by atoms with E-state index in [1.165, 1.54) is 13.2 Å². The number of methoxy groups -OCH3 is 1. The summed E-state index contributed by atoms with van der Waals surface area (Å²) in [6.07, 6.45) is 2.50. The lowest BCUT2D eigenvalue weighted by Crippen LogP contribution is -2.38. The van der Waals surface area contributed by atoms with Gasteiger partial charge in [0.15, 0.2) is 11.6 Å². The van der Waals surface area contributed by atoms with Gasteiger partial charge in [-0.05, 0) is 49.5 Å². The Hall–Kier alpha value is -1.33.